The Balaban J connectivity index is 1.98. The van der Waals surface area contributed by atoms with Crippen molar-refractivity contribution in [1.82, 2.24) is 10.3 Å². The van der Waals surface area contributed by atoms with Crippen molar-refractivity contribution in [1.29, 1.82) is 0 Å². The molecule has 1 aliphatic rings. The van der Waals surface area contributed by atoms with E-state index in [-0.39, 0.29) is 12.1 Å². The Morgan fingerprint density at radius 2 is 2.31 bits per heavy atom. The molecule has 0 aromatic carbocycles. The van der Waals surface area contributed by atoms with Crippen LogP contribution in [0.2, 0.25) is 0 Å². The molecule has 1 heterocycles. The van der Waals surface area contributed by atoms with Gasteiger partial charge in [0, 0.05) is 18.3 Å². The molecule has 1 unspecified atom stereocenters. The summed E-state index contributed by atoms with van der Waals surface area (Å²) in [4.78, 5) is 4.35. The molecule has 1 saturated carbocycles. The Hall–Kier alpha value is -0.930. The Morgan fingerprint density at radius 1 is 1.56 bits per heavy atom. The monoisotopic (exact) mass is 220 g/mol. The lowest BCUT2D eigenvalue weighted by molar-refractivity contribution is 0.153. The van der Waals surface area contributed by atoms with Gasteiger partial charge in [0.05, 0.1) is 12.3 Å². The summed E-state index contributed by atoms with van der Waals surface area (Å²) in [5.74, 6) is 0.626. The molecule has 0 spiro atoms. The van der Waals surface area contributed by atoms with E-state index in [1.165, 1.54) is 18.4 Å². The van der Waals surface area contributed by atoms with Gasteiger partial charge in [0.25, 0.3) is 0 Å². The van der Waals surface area contributed by atoms with E-state index in [0.29, 0.717) is 5.92 Å². The van der Waals surface area contributed by atoms with Crippen LogP contribution in [0.15, 0.2) is 18.3 Å². The van der Waals surface area contributed by atoms with Gasteiger partial charge in [-0.3, -0.25) is 4.98 Å². The van der Waals surface area contributed by atoms with Crippen molar-refractivity contribution in [3.8, 4) is 0 Å². The Bertz CT molecular complexity index is 363. The maximum absolute atomic E-state index is 9.46. The van der Waals surface area contributed by atoms with E-state index in [9.17, 15) is 5.11 Å². The van der Waals surface area contributed by atoms with Gasteiger partial charge < -0.3 is 10.4 Å². The van der Waals surface area contributed by atoms with Crippen LogP contribution >= 0.6 is 0 Å². The zero-order valence-electron chi connectivity index (χ0n) is 10.0. The van der Waals surface area contributed by atoms with E-state index in [1.54, 1.807) is 0 Å². The van der Waals surface area contributed by atoms with Crippen molar-refractivity contribution in [2.45, 2.75) is 38.8 Å². The molecule has 88 valence electrons. The molecule has 1 fully saturated rings. The molecule has 3 nitrogen and oxygen atoms in total. The van der Waals surface area contributed by atoms with Crippen LogP contribution in [-0.2, 0) is 6.54 Å². The number of nitrogens with one attached hydrogen (secondary N) is 1. The summed E-state index contributed by atoms with van der Waals surface area (Å²) in [5, 5.41) is 12.9. The number of rotatable bonds is 5. The molecule has 0 radical (unpaired) electrons. The number of aliphatic hydroxyl groups is 1. The first-order valence-electron chi connectivity index (χ1n) is 5.92. The van der Waals surface area contributed by atoms with Crippen molar-refractivity contribution in [3.05, 3.63) is 29.6 Å². The van der Waals surface area contributed by atoms with E-state index in [0.717, 1.165) is 12.2 Å². The molecule has 1 aliphatic carbocycles. The fraction of sp³-hybridized carbons (Fsp3) is 0.615. The molecule has 1 aromatic rings. The predicted octanol–water partition coefficient (Wildman–Crippen LogP) is 1.64. The summed E-state index contributed by atoms with van der Waals surface area (Å²) >= 11 is 0. The van der Waals surface area contributed by atoms with Crippen molar-refractivity contribution >= 4 is 0 Å². The first kappa shape index (κ1) is 11.6. The Labute approximate surface area is 96.9 Å². The number of aromatic nitrogens is 1. The van der Waals surface area contributed by atoms with E-state index in [4.69, 9.17) is 0 Å². The van der Waals surface area contributed by atoms with E-state index >= 15 is 0 Å². The van der Waals surface area contributed by atoms with Crippen LogP contribution < -0.4 is 5.32 Å². The lowest BCUT2D eigenvalue weighted by Crippen LogP contribution is -2.47. The number of hydrogen-bond donors (Lipinski definition) is 2. The summed E-state index contributed by atoms with van der Waals surface area (Å²) in [5.41, 5.74) is 2.14. The van der Waals surface area contributed by atoms with Crippen molar-refractivity contribution in [2.75, 3.05) is 6.61 Å². The molecule has 0 saturated heterocycles. The van der Waals surface area contributed by atoms with Gasteiger partial charge >= 0.3 is 0 Å². The highest BCUT2D eigenvalue weighted by molar-refractivity contribution is 5.17. The lowest BCUT2D eigenvalue weighted by atomic mass is 9.97. The van der Waals surface area contributed by atoms with Crippen molar-refractivity contribution in [3.63, 3.8) is 0 Å². The first-order chi connectivity index (χ1) is 7.65. The zero-order valence-corrected chi connectivity index (χ0v) is 10.0. The van der Waals surface area contributed by atoms with E-state index in [2.05, 4.69) is 30.2 Å². The molecule has 1 atom stereocenters. The summed E-state index contributed by atoms with van der Waals surface area (Å²) < 4.78 is 0. The summed E-state index contributed by atoms with van der Waals surface area (Å²) in [6.45, 7) is 5.10. The van der Waals surface area contributed by atoms with Crippen LogP contribution in [0.1, 0.15) is 31.0 Å². The highest BCUT2D eigenvalue weighted by atomic mass is 16.3. The first-order valence-corrected chi connectivity index (χ1v) is 5.92. The van der Waals surface area contributed by atoms with E-state index < -0.39 is 0 Å². The van der Waals surface area contributed by atoms with Gasteiger partial charge in [0.15, 0.2) is 0 Å². The predicted molar refractivity (Wildman–Crippen MR) is 64.0 cm³/mol. The lowest BCUT2D eigenvalue weighted by Gasteiger charge is -2.29. The van der Waals surface area contributed by atoms with Gasteiger partial charge in [-0.05, 0) is 44.2 Å². The number of pyridine rings is 1. The molecule has 0 amide bonds. The Kier molecular flexibility index (Phi) is 3.26. The Morgan fingerprint density at radius 3 is 2.88 bits per heavy atom. The van der Waals surface area contributed by atoms with Crippen LogP contribution in [0, 0.1) is 12.8 Å². The average Bonchev–Trinajstić information content (AvgIpc) is 3.12. The fourth-order valence-electron chi connectivity index (χ4n) is 2.04. The standard InChI is InChI=1S/C13H20N2O/c1-10-4-3-7-14-12(10)8-15-13(2,9-16)11-5-6-11/h3-4,7,11,15-16H,5-6,8-9H2,1-2H3. The minimum atomic E-state index is -0.135. The van der Waals surface area contributed by atoms with Gasteiger partial charge in [-0.2, -0.15) is 0 Å². The van der Waals surface area contributed by atoms with Crippen LogP contribution in [0.4, 0.5) is 0 Å². The third kappa shape index (κ3) is 2.42. The molecule has 0 bridgehead atoms. The second-order valence-electron chi connectivity index (χ2n) is 4.97. The van der Waals surface area contributed by atoms with Crippen molar-refractivity contribution < 1.29 is 5.11 Å². The normalized spacial score (nSPS) is 19.4. The van der Waals surface area contributed by atoms with Gasteiger partial charge in [-0.25, -0.2) is 0 Å². The van der Waals surface area contributed by atoms with Gasteiger partial charge in [0.1, 0.15) is 0 Å². The van der Waals surface area contributed by atoms with Crippen LogP contribution in [0.3, 0.4) is 0 Å². The highest BCUT2D eigenvalue weighted by Crippen LogP contribution is 2.39. The van der Waals surface area contributed by atoms with Crippen molar-refractivity contribution in [2.24, 2.45) is 5.92 Å². The summed E-state index contributed by atoms with van der Waals surface area (Å²) in [7, 11) is 0. The van der Waals surface area contributed by atoms with Crippen LogP contribution in [-0.4, -0.2) is 22.2 Å². The number of nitrogens with zero attached hydrogens (tertiary/aromatic N) is 1. The molecular formula is C13H20N2O. The minimum absolute atomic E-state index is 0.135. The molecule has 2 N–H and O–H groups in total. The SMILES string of the molecule is Cc1cccnc1CNC(C)(CO)C1CC1. The largest absolute Gasteiger partial charge is 0.394 e. The minimum Gasteiger partial charge on any atom is -0.394 e. The van der Waals surface area contributed by atoms with Gasteiger partial charge in [0.2, 0.25) is 0 Å². The van der Waals surface area contributed by atoms with Crippen LogP contribution in [0.5, 0.6) is 0 Å². The summed E-state index contributed by atoms with van der Waals surface area (Å²) in [6, 6.07) is 4.02. The maximum Gasteiger partial charge on any atom is 0.0613 e. The molecule has 2 rings (SSSR count). The molecule has 3 heteroatoms. The smallest absolute Gasteiger partial charge is 0.0613 e. The highest BCUT2D eigenvalue weighted by Gasteiger charge is 2.40. The number of aliphatic hydroxyl groups excluding tert-OH is 1. The fourth-order valence-corrected chi connectivity index (χ4v) is 2.04. The quantitative estimate of drug-likeness (QED) is 0.793. The second kappa shape index (κ2) is 4.52. The molecule has 1 aromatic heterocycles. The van der Waals surface area contributed by atoms with Gasteiger partial charge in [-0.1, -0.05) is 6.07 Å². The molecule has 16 heavy (non-hydrogen) atoms. The zero-order chi connectivity index (χ0) is 11.6. The van der Waals surface area contributed by atoms with Crippen LogP contribution in [0.25, 0.3) is 0 Å². The van der Waals surface area contributed by atoms with E-state index in [1.807, 2.05) is 12.3 Å². The maximum atomic E-state index is 9.46. The summed E-state index contributed by atoms with van der Waals surface area (Å²) in [6.07, 6.45) is 4.27. The molecule has 0 aliphatic heterocycles. The third-order valence-corrected chi connectivity index (χ3v) is 3.58. The van der Waals surface area contributed by atoms with Gasteiger partial charge in [-0.15, -0.1) is 0 Å². The topological polar surface area (TPSA) is 45.2 Å². The number of hydrogen-bond acceptors (Lipinski definition) is 3. The molecular weight excluding hydrogens is 200 g/mol. The second-order valence-corrected chi connectivity index (χ2v) is 4.97. The number of aryl methyl sites for hydroxylation is 1. The average molecular weight is 220 g/mol. The third-order valence-electron chi connectivity index (χ3n) is 3.58.